The Balaban J connectivity index is 2.33. The zero-order chi connectivity index (χ0) is 16.1. The number of halogens is 2. The molecular formula is C16H14F2N2O2. The molecule has 0 amide bonds. The van der Waals surface area contributed by atoms with Crippen molar-refractivity contribution in [1.82, 2.24) is 0 Å². The van der Waals surface area contributed by atoms with Gasteiger partial charge in [0.25, 0.3) is 0 Å². The molecule has 0 radical (unpaired) electrons. The molecule has 0 heterocycles. The Hall–Kier alpha value is -2.76. The van der Waals surface area contributed by atoms with E-state index in [-0.39, 0.29) is 17.8 Å². The van der Waals surface area contributed by atoms with E-state index in [1.165, 1.54) is 7.11 Å². The third-order valence-electron chi connectivity index (χ3n) is 3.04. The number of anilines is 1. The number of esters is 1. The highest BCUT2D eigenvalue weighted by atomic mass is 19.1. The van der Waals surface area contributed by atoms with Gasteiger partial charge in [-0.1, -0.05) is 18.2 Å². The smallest absolute Gasteiger partial charge is 0.325 e. The van der Waals surface area contributed by atoms with Gasteiger partial charge in [-0.25, -0.2) is 8.78 Å². The summed E-state index contributed by atoms with van der Waals surface area (Å²) in [5.74, 6) is -1.78. The molecular weight excluding hydrogens is 290 g/mol. The average Bonchev–Trinajstić information content (AvgIpc) is 2.54. The monoisotopic (exact) mass is 304 g/mol. The van der Waals surface area contributed by atoms with E-state index >= 15 is 0 Å². The van der Waals surface area contributed by atoms with E-state index in [1.807, 2.05) is 0 Å². The normalized spacial score (nSPS) is 10.1. The van der Waals surface area contributed by atoms with Gasteiger partial charge in [0.1, 0.15) is 18.2 Å². The number of nitrogens with one attached hydrogen (secondary N) is 2. The van der Waals surface area contributed by atoms with E-state index in [2.05, 4.69) is 10.1 Å². The lowest BCUT2D eigenvalue weighted by Crippen LogP contribution is -2.17. The van der Waals surface area contributed by atoms with Crippen LogP contribution in [0.1, 0.15) is 11.1 Å². The Labute approximate surface area is 126 Å². The standard InChI is InChI=1S/C16H14F2N2O2/c1-22-15(21)9-20-14-5-3-2-4-11(14)16(19)12-8-10(17)6-7-13(12)18/h2-8,19-20H,9H2,1H3. The van der Waals surface area contributed by atoms with Crippen LogP contribution in [0.25, 0.3) is 0 Å². The molecule has 0 saturated carbocycles. The molecule has 6 heteroatoms. The van der Waals surface area contributed by atoms with Crippen molar-refractivity contribution in [2.24, 2.45) is 0 Å². The van der Waals surface area contributed by atoms with Gasteiger partial charge < -0.3 is 10.1 Å². The zero-order valence-electron chi connectivity index (χ0n) is 11.8. The second kappa shape index (κ2) is 6.80. The molecule has 0 bridgehead atoms. The number of carbonyl (C=O) groups is 1. The summed E-state index contributed by atoms with van der Waals surface area (Å²) in [5, 5.41) is 10.9. The minimum atomic E-state index is -0.686. The molecule has 4 nitrogen and oxygen atoms in total. The number of ether oxygens (including phenoxy) is 1. The predicted molar refractivity (Wildman–Crippen MR) is 79.2 cm³/mol. The molecule has 0 spiro atoms. The molecule has 0 atom stereocenters. The maximum atomic E-state index is 13.8. The van der Waals surface area contributed by atoms with Gasteiger partial charge in [0.15, 0.2) is 0 Å². The van der Waals surface area contributed by atoms with Gasteiger partial charge in [-0.3, -0.25) is 10.2 Å². The van der Waals surface area contributed by atoms with Crippen molar-refractivity contribution in [3.05, 3.63) is 65.2 Å². The maximum absolute atomic E-state index is 13.8. The number of carbonyl (C=O) groups excluding carboxylic acids is 1. The van der Waals surface area contributed by atoms with Gasteiger partial charge in [0.05, 0.1) is 12.8 Å². The molecule has 0 saturated heterocycles. The Morgan fingerprint density at radius 2 is 1.91 bits per heavy atom. The lowest BCUT2D eigenvalue weighted by atomic mass is 10.00. The van der Waals surface area contributed by atoms with Gasteiger partial charge in [-0.2, -0.15) is 0 Å². The van der Waals surface area contributed by atoms with Gasteiger partial charge >= 0.3 is 5.97 Å². The fourth-order valence-electron chi connectivity index (χ4n) is 1.93. The predicted octanol–water partition coefficient (Wildman–Crippen LogP) is 2.97. The fourth-order valence-corrected chi connectivity index (χ4v) is 1.93. The number of rotatable bonds is 5. The lowest BCUT2D eigenvalue weighted by molar-refractivity contribution is -0.138. The number of hydrogen-bond donors (Lipinski definition) is 2. The second-order valence-corrected chi connectivity index (χ2v) is 4.47. The third kappa shape index (κ3) is 3.46. The van der Waals surface area contributed by atoms with Crippen LogP contribution in [0.4, 0.5) is 14.5 Å². The van der Waals surface area contributed by atoms with Crippen LogP contribution in [0.3, 0.4) is 0 Å². The molecule has 2 aromatic carbocycles. The van der Waals surface area contributed by atoms with Crippen LogP contribution in [0.5, 0.6) is 0 Å². The van der Waals surface area contributed by atoms with Crippen LogP contribution in [-0.2, 0) is 9.53 Å². The van der Waals surface area contributed by atoms with Gasteiger partial charge in [-0.15, -0.1) is 0 Å². The quantitative estimate of drug-likeness (QED) is 0.659. The Kier molecular flexibility index (Phi) is 4.83. The summed E-state index contributed by atoms with van der Waals surface area (Å²) in [5.41, 5.74) is 0.495. The molecule has 0 aliphatic rings. The summed E-state index contributed by atoms with van der Waals surface area (Å²) in [7, 11) is 1.26. The van der Waals surface area contributed by atoms with Crippen LogP contribution in [-0.4, -0.2) is 25.3 Å². The van der Waals surface area contributed by atoms with E-state index < -0.39 is 17.6 Å². The van der Waals surface area contributed by atoms with Crippen LogP contribution in [0.15, 0.2) is 42.5 Å². The molecule has 2 rings (SSSR count). The molecule has 2 N–H and O–H groups in total. The molecule has 0 aliphatic heterocycles. The number of methoxy groups -OCH3 is 1. The van der Waals surface area contributed by atoms with Crippen molar-refractivity contribution in [2.75, 3.05) is 19.0 Å². The fraction of sp³-hybridized carbons (Fsp3) is 0.125. The van der Waals surface area contributed by atoms with Crippen molar-refractivity contribution < 1.29 is 18.3 Å². The van der Waals surface area contributed by atoms with E-state index in [1.54, 1.807) is 24.3 Å². The SMILES string of the molecule is COC(=O)CNc1ccccc1C(=N)c1cc(F)ccc1F. The van der Waals surface area contributed by atoms with Crippen LogP contribution in [0.2, 0.25) is 0 Å². The Morgan fingerprint density at radius 1 is 1.18 bits per heavy atom. The lowest BCUT2D eigenvalue weighted by Gasteiger charge is -2.13. The average molecular weight is 304 g/mol. The largest absolute Gasteiger partial charge is 0.468 e. The summed E-state index contributed by atoms with van der Waals surface area (Å²) in [6.45, 7) is -0.0908. The van der Waals surface area contributed by atoms with Crippen molar-refractivity contribution >= 4 is 17.4 Å². The first-order valence-corrected chi connectivity index (χ1v) is 6.47. The van der Waals surface area contributed by atoms with Crippen molar-refractivity contribution in [1.29, 1.82) is 5.41 Å². The molecule has 22 heavy (non-hydrogen) atoms. The van der Waals surface area contributed by atoms with Gasteiger partial charge in [-0.05, 0) is 24.3 Å². The highest BCUT2D eigenvalue weighted by molar-refractivity contribution is 6.14. The highest BCUT2D eigenvalue weighted by Gasteiger charge is 2.15. The Morgan fingerprint density at radius 3 is 2.64 bits per heavy atom. The topological polar surface area (TPSA) is 62.2 Å². The van der Waals surface area contributed by atoms with E-state index in [0.717, 1.165) is 18.2 Å². The second-order valence-electron chi connectivity index (χ2n) is 4.47. The van der Waals surface area contributed by atoms with E-state index in [0.29, 0.717) is 11.3 Å². The van der Waals surface area contributed by atoms with Crippen molar-refractivity contribution in [3.8, 4) is 0 Å². The number of para-hydroxylation sites is 1. The highest BCUT2D eigenvalue weighted by Crippen LogP contribution is 2.21. The molecule has 0 aromatic heterocycles. The van der Waals surface area contributed by atoms with Crippen LogP contribution >= 0.6 is 0 Å². The maximum Gasteiger partial charge on any atom is 0.325 e. The minimum Gasteiger partial charge on any atom is -0.468 e. The first-order valence-electron chi connectivity index (χ1n) is 6.47. The first-order chi connectivity index (χ1) is 10.5. The number of benzene rings is 2. The van der Waals surface area contributed by atoms with Crippen LogP contribution in [0, 0.1) is 17.0 Å². The van der Waals surface area contributed by atoms with E-state index in [4.69, 9.17) is 5.41 Å². The van der Waals surface area contributed by atoms with Crippen LogP contribution < -0.4 is 5.32 Å². The van der Waals surface area contributed by atoms with Crippen molar-refractivity contribution in [3.63, 3.8) is 0 Å². The molecule has 114 valence electrons. The summed E-state index contributed by atoms with van der Waals surface area (Å²) in [6, 6.07) is 9.55. The first kappa shape index (κ1) is 15.6. The molecule has 2 aromatic rings. The summed E-state index contributed by atoms with van der Waals surface area (Å²) in [4.78, 5) is 11.2. The Bertz CT molecular complexity index is 717. The van der Waals surface area contributed by atoms with Gasteiger partial charge in [0, 0.05) is 16.8 Å². The van der Waals surface area contributed by atoms with Gasteiger partial charge in [0.2, 0.25) is 0 Å². The summed E-state index contributed by atoms with van der Waals surface area (Å²) >= 11 is 0. The molecule has 0 aliphatic carbocycles. The minimum absolute atomic E-state index is 0.0908. The van der Waals surface area contributed by atoms with E-state index in [9.17, 15) is 13.6 Å². The molecule has 0 fully saturated rings. The molecule has 0 unspecified atom stereocenters. The summed E-state index contributed by atoms with van der Waals surface area (Å²) < 4.78 is 31.6. The third-order valence-corrected chi connectivity index (χ3v) is 3.04. The zero-order valence-corrected chi connectivity index (χ0v) is 11.8. The number of hydrogen-bond acceptors (Lipinski definition) is 4. The van der Waals surface area contributed by atoms with Crippen molar-refractivity contribution in [2.45, 2.75) is 0 Å². The summed E-state index contributed by atoms with van der Waals surface area (Å²) in [6.07, 6.45) is 0.